The highest BCUT2D eigenvalue weighted by molar-refractivity contribution is 7.90. The molecule has 0 unspecified atom stereocenters. The van der Waals surface area contributed by atoms with Gasteiger partial charge in [0.15, 0.2) is 0 Å². The van der Waals surface area contributed by atoms with Gasteiger partial charge < -0.3 is 9.31 Å². The van der Waals surface area contributed by atoms with E-state index in [4.69, 9.17) is 9.31 Å². The highest BCUT2D eigenvalue weighted by Gasteiger charge is 2.52. The Morgan fingerprint density at radius 1 is 1.00 bits per heavy atom. The maximum atomic E-state index is 13.3. The molecule has 1 aliphatic rings. The Balaban J connectivity index is 1.88. The molecule has 1 saturated heterocycles. The molecule has 3 heterocycles. The van der Waals surface area contributed by atoms with E-state index in [-0.39, 0.29) is 4.90 Å². The van der Waals surface area contributed by atoms with Crippen LogP contribution in [0.15, 0.2) is 53.8 Å². The zero-order chi connectivity index (χ0) is 20.3. The van der Waals surface area contributed by atoms with Gasteiger partial charge in [-0.25, -0.2) is 12.4 Å². The Morgan fingerprint density at radius 2 is 1.61 bits per heavy atom. The second kappa shape index (κ2) is 6.17. The first-order valence-corrected chi connectivity index (χ1v) is 10.6. The molecule has 4 rings (SSSR count). The number of rotatable bonds is 3. The van der Waals surface area contributed by atoms with E-state index in [1.807, 2.05) is 34.6 Å². The smallest absolute Gasteiger partial charge is 0.399 e. The van der Waals surface area contributed by atoms with Crippen LogP contribution in [0.5, 0.6) is 0 Å². The third kappa shape index (κ3) is 2.87. The summed E-state index contributed by atoms with van der Waals surface area (Å²) in [7, 11) is -4.45. The second-order valence-electron chi connectivity index (χ2n) is 8.18. The molecule has 8 heteroatoms. The zero-order valence-corrected chi connectivity index (χ0v) is 17.4. The topological polar surface area (TPSA) is 70.4 Å². The van der Waals surface area contributed by atoms with Crippen LogP contribution in [0.2, 0.25) is 0 Å². The molecular formula is C20H23BN2O4S. The van der Waals surface area contributed by atoms with Gasteiger partial charge in [0.05, 0.1) is 27.8 Å². The molecule has 1 aromatic carbocycles. The van der Waals surface area contributed by atoms with Crippen LogP contribution in [0.25, 0.3) is 10.9 Å². The molecule has 0 spiro atoms. The number of benzene rings is 1. The van der Waals surface area contributed by atoms with Crippen LogP contribution in [0.1, 0.15) is 33.3 Å². The van der Waals surface area contributed by atoms with Crippen molar-refractivity contribution in [2.75, 3.05) is 0 Å². The fraction of sp³-hybridized carbons (Fsp3) is 0.350. The fourth-order valence-corrected chi connectivity index (χ4v) is 4.62. The highest BCUT2D eigenvalue weighted by atomic mass is 32.2. The molecule has 0 radical (unpaired) electrons. The maximum absolute atomic E-state index is 13.3. The minimum atomic E-state index is -3.78. The van der Waals surface area contributed by atoms with Gasteiger partial charge in [-0.2, -0.15) is 0 Å². The van der Waals surface area contributed by atoms with Crippen molar-refractivity contribution in [3.05, 3.63) is 54.5 Å². The molecule has 0 amide bonds. The summed E-state index contributed by atoms with van der Waals surface area (Å²) in [6.07, 6.45) is 4.78. The Morgan fingerprint density at radius 3 is 2.21 bits per heavy atom. The van der Waals surface area contributed by atoms with Crippen LogP contribution in [-0.2, 0) is 19.3 Å². The Hall–Kier alpha value is -2.16. The van der Waals surface area contributed by atoms with E-state index in [1.54, 1.807) is 48.9 Å². The summed E-state index contributed by atoms with van der Waals surface area (Å²) < 4.78 is 40.2. The predicted octanol–water partition coefficient (Wildman–Crippen LogP) is 2.88. The van der Waals surface area contributed by atoms with Crippen molar-refractivity contribution in [1.29, 1.82) is 0 Å². The highest BCUT2D eigenvalue weighted by Crippen LogP contribution is 2.37. The summed E-state index contributed by atoms with van der Waals surface area (Å²) in [5.74, 6) is 0. The van der Waals surface area contributed by atoms with Crippen molar-refractivity contribution in [3.63, 3.8) is 0 Å². The lowest BCUT2D eigenvalue weighted by Crippen LogP contribution is -2.41. The van der Waals surface area contributed by atoms with E-state index < -0.39 is 28.3 Å². The molecule has 28 heavy (non-hydrogen) atoms. The molecule has 0 saturated carbocycles. The van der Waals surface area contributed by atoms with E-state index in [2.05, 4.69) is 4.98 Å². The van der Waals surface area contributed by atoms with E-state index >= 15 is 0 Å². The van der Waals surface area contributed by atoms with Gasteiger partial charge >= 0.3 is 7.12 Å². The van der Waals surface area contributed by atoms with Crippen molar-refractivity contribution in [2.45, 2.75) is 50.7 Å². The third-order valence-corrected chi connectivity index (χ3v) is 7.38. The fourth-order valence-electron chi connectivity index (χ4n) is 3.25. The number of aryl methyl sites for hydroxylation is 1. The van der Waals surface area contributed by atoms with Crippen molar-refractivity contribution in [3.8, 4) is 0 Å². The first-order valence-electron chi connectivity index (χ1n) is 9.16. The predicted molar refractivity (Wildman–Crippen MR) is 109 cm³/mol. The van der Waals surface area contributed by atoms with Crippen molar-refractivity contribution in [2.24, 2.45) is 0 Å². The molecular weight excluding hydrogens is 375 g/mol. The maximum Gasteiger partial charge on any atom is 0.497 e. The quantitative estimate of drug-likeness (QED) is 0.635. The van der Waals surface area contributed by atoms with Gasteiger partial charge in [0.2, 0.25) is 0 Å². The monoisotopic (exact) mass is 398 g/mol. The number of aromatic nitrogens is 2. The van der Waals surface area contributed by atoms with Gasteiger partial charge in [0.25, 0.3) is 10.0 Å². The number of nitrogens with zero attached hydrogens (tertiary/aromatic N) is 2. The van der Waals surface area contributed by atoms with E-state index in [1.165, 1.54) is 3.97 Å². The van der Waals surface area contributed by atoms with Gasteiger partial charge in [0, 0.05) is 23.2 Å². The van der Waals surface area contributed by atoms with Gasteiger partial charge in [-0.15, -0.1) is 0 Å². The molecule has 1 aliphatic heterocycles. The summed E-state index contributed by atoms with van der Waals surface area (Å²) in [6, 6.07) is 8.58. The van der Waals surface area contributed by atoms with Crippen molar-refractivity contribution in [1.82, 2.24) is 8.96 Å². The van der Waals surface area contributed by atoms with Crippen molar-refractivity contribution < 1.29 is 17.7 Å². The van der Waals surface area contributed by atoms with Gasteiger partial charge in [-0.3, -0.25) is 4.98 Å². The molecule has 0 N–H and O–H groups in total. The number of hydrogen-bond donors (Lipinski definition) is 0. The molecule has 6 nitrogen and oxygen atoms in total. The lowest BCUT2D eigenvalue weighted by molar-refractivity contribution is 0.00578. The largest absolute Gasteiger partial charge is 0.497 e. The Labute approximate surface area is 165 Å². The molecule has 0 aliphatic carbocycles. The van der Waals surface area contributed by atoms with E-state index in [9.17, 15) is 8.42 Å². The van der Waals surface area contributed by atoms with Gasteiger partial charge in [0.1, 0.15) is 0 Å². The zero-order valence-electron chi connectivity index (χ0n) is 16.6. The van der Waals surface area contributed by atoms with Crippen LogP contribution in [-0.4, -0.2) is 35.7 Å². The SMILES string of the molecule is Cc1ccc(S(=O)(=O)n2cc(B3OC(C)(C)C(C)(C)O3)c3ccncc32)cc1. The summed E-state index contributed by atoms with van der Waals surface area (Å²) in [5.41, 5.74) is 1.12. The average Bonchev–Trinajstić information content (AvgIpc) is 3.10. The molecule has 0 bridgehead atoms. The second-order valence-corrected chi connectivity index (χ2v) is 9.99. The molecule has 1 fully saturated rings. The van der Waals surface area contributed by atoms with Crippen LogP contribution >= 0.6 is 0 Å². The summed E-state index contributed by atoms with van der Waals surface area (Å²) >= 11 is 0. The van der Waals surface area contributed by atoms with Crippen LogP contribution in [0, 0.1) is 6.92 Å². The van der Waals surface area contributed by atoms with E-state index in [0.717, 1.165) is 10.9 Å². The van der Waals surface area contributed by atoms with E-state index in [0.29, 0.717) is 11.0 Å². The minimum Gasteiger partial charge on any atom is -0.399 e. The molecule has 146 valence electrons. The number of hydrogen-bond acceptors (Lipinski definition) is 5. The lowest BCUT2D eigenvalue weighted by atomic mass is 9.79. The number of fused-ring (bicyclic) bond motifs is 1. The van der Waals surface area contributed by atoms with Gasteiger partial charge in [-0.05, 0) is 52.8 Å². The minimum absolute atomic E-state index is 0.222. The summed E-state index contributed by atoms with van der Waals surface area (Å²) in [6.45, 7) is 9.79. The van der Waals surface area contributed by atoms with Crippen molar-refractivity contribution >= 4 is 33.5 Å². The summed E-state index contributed by atoms with van der Waals surface area (Å²) in [4.78, 5) is 4.35. The standard InChI is InChI=1S/C20H23BN2O4S/c1-14-6-8-15(9-7-14)28(24,25)23-13-17(16-10-11-22-12-18(16)23)21-26-19(2,3)20(4,5)27-21/h6-13H,1-5H3. The molecule has 0 atom stereocenters. The van der Waals surface area contributed by atoms with Crippen LogP contribution in [0.4, 0.5) is 0 Å². The van der Waals surface area contributed by atoms with Gasteiger partial charge in [-0.1, -0.05) is 17.7 Å². The third-order valence-electron chi connectivity index (χ3n) is 5.69. The average molecular weight is 398 g/mol. The first kappa shape index (κ1) is 19.2. The Bertz CT molecular complexity index is 1130. The normalized spacial score (nSPS) is 18.7. The number of pyridine rings is 1. The van der Waals surface area contributed by atoms with Crippen LogP contribution in [0.3, 0.4) is 0 Å². The first-order chi connectivity index (χ1) is 13.0. The Kier molecular flexibility index (Phi) is 4.23. The lowest BCUT2D eigenvalue weighted by Gasteiger charge is -2.32. The molecule has 3 aromatic rings. The molecule has 2 aromatic heterocycles. The summed E-state index contributed by atoms with van der Waals surface area (Å²) in [5, 5.41) is 0.740. The van der Waals surface area contributed by atoms with Crippen LogP contribution < -0.4 is 5.46 Å².